The Labute approximate surface area is 101 Å². The Kier molecular flexibility index (Phi) is 6.03. The number of amides is 1. The minimum atomic E-state index is -0.366. The normalized spacial score (nSPS) is 10.0. The van der Waals surface area contributed by atoms with Gasteiger partial charge in [0.15, 0.2) is 0 Å². The summed E-state index contributed by atoms with van der Waals surface area (Å²) in [6, 6.07) is 5.70. The number of pyridine rings is 1. The van der Waals surface area contributed by atoms with Crippen molar-refractivity contribution in [2.45, 2.75) is 12.8 Å². The van der Waals surface area contributed by atoms with Gasteiger partial charge in [0.25, 0.3) is 0 Å². The Bertz CT molecular complexity index is 330. The van der Waals surface area contributed by atoms with Crippen LogP contribution in [0.4, 0.5) is 4.79 Å². The number of aliphatic hydroxyl groups is 1. The Morgan fingerprint density at radius 1 is 1.53 bits per heavy atom. The van der Waals surface area contributed by atoms with Crippen LogP contribution in [0.25, 0.3) is 0 Å². The first kappa shape index (κ1) is 13.4. The van der Waals surface area contributed by atoms with Crippen LogP contribution in [0.3, 0.4) is 0 Å². The zero-order valence-corrected chi connectivity index (χ0v) is 10.0. The van der Waals surface area contributed by atoms with Gasteiger partial charge in [0.1, 0.15) is 0 Å². The third-order valence-electron chi connectivity index (χ3n) is 2.27. The van der Waals surface area contributed by atoms with Crippen LogP contribution in [-0.4, -0.2) is 47.9 Å². The summed E-state index contributed by atoms with van der Waals surface area (Å²) < 4.78 is 4.94. The number of ether oxygens (including phenoxy) is 1. The minimum absolute atomic E-state index is 0.0327. The lowest BCUT2D eigenvalue weighted by molar-refractivity contribution is 0.104. The van der Waals surface area contributed by atoms with Crippen LogP contribution < -0.4 is 0 Å². The maximum absolute atomic E-state index is 11.4. The second kappa shape index (κ2) is 7.62. The molecule has 0 aromatic carbocycles. The first-order valence-corrected chi connectivity index (χ1v) is 5.62. The third kappa shape index (κ3) is 5.31. The molecule has 0 atom stereocenters. The Morgan fingerprint density at radius 2 is 2.35 bits per heavy atom. The molecule has 0 saturated carbocycles. The fourth-order valence-electron chi connectivity index (χ4n) is 1.25. The molecule has 0 aliphatic rings. The molecule has 5 nitrogen and oxygen atoms in total. The fourth-order valence-corrected chi connectivity index (χ4v) is 1.25. The van der Waals surface area contributed by atoms with Crippen molar-refractivity contribution in [3.8, 4) is 0 Å². The van der Waals surface area contributed by atoms with Crippen LogP contribution >= 0.6 is 0 Å². The topological polar surface area (TPSA) is 62.7 Å². The lowest BCUT2D eigenvalue weighted by Crippen LogP contribution is -2.30. The number of hydrogen-bond donors (Lipinski definition) is 1. The number of hydrogen-bond acceptors (Lipinski definition) is 4. The summed E-state index contributed by atoms with van der Waals surface area (Å²) in [5, 5.41) is 8.56. The lowest BCUT2D eigenvalue weighted by atomic mass is 10.2. The van der Waals surface area contributed by atoms with Crippen molar-refractivity contribution in [1.29, 1.82) is 0 Å². The van der Waals surface area contributed by atoms with Gasteiger partial charge in [-0.05, 0) is 12.1 Å². The second-order valence-corrected chi connectivity index (χ2v) is 3.68. The molecule has 0 radical (unpaired) electrons. The Hall–Kier alpha value is -1.62. The van der Waals surface area contributed by atoms with E-state index >= 15 is 0 Å². The van der Waals surface area contributed by atoms with Crippen LogP contribution in [0.1, 0.15) is 12.1 Å². The van der Waals surface area contributed by atoms with E-state index in [9.17, 15) is 4.79 Å². The maximum Gasteiger partial charge on any atom is 0.409 e. The predicted octanol–water partition coefficient (Wildman–Crippen LogP) is 1.07. The molecular weight excluding hydrogens is 220 g/mol. The predicted molar refractivity (Wildman–Crippen MR) is 63.6 cm³/mol. The molecule has 1 rings (SSSR count). The highest BCUT2D eigenvalue weighted by atomic mass is 16.6. The molecule has 5 heteroatoms. The van der Waals surface area contributed by atoms with Gasteiger partial charge in [0, 0.05) is 44.9 Å². The molecule has 1 aromatic rings. The van der Waals surface area contributed by atoms with Crippen molar-refractivity contribution < 1.29 is 14.6 Å². The summed E-state index contributed by atoms with van der Waals surface area (Å²) in [5.74, 6) is 0. The van der Waals surface area contributed by atoms with E-state index < -0.39 is 0 Å². The number of carbonyl (C=O) groups is 1. The summed E-state index contributed by atoms with van der Waals surface area (Å²) in [6.45, 7) is 0.850. The van der Waals surface area contributed by atoms with E-state index in [-0.39, 0.29) is 19.3 Å². The number of nitrogens with zero attached hydrogens (tertiary/aromatic N) is 2. The SMILES string of the molecule is CN(CCc1ccccn1)C(=O)OCCCO. The number of carbonyl (C=O) groups excluding carboxylic acids is 1. The molecule has 0 spiro atoms. The van der Waals surface area contributed by atoms with E-state index in [1.165, 1.54) is 4.90 Å². The van der Waals surface area contributed by atoms with Crippen LogP contribution in [-0.2, 0) is 11.2 Å². The van der Waals surface area contributed by atoms with Gasteiger partial charge in [-0.25, -0.2) is 4.79 Å². The minimum Gasteiger partial charge on any atom is -0.449 e. The molecule has 0 aliphatic carbocycles. The van der Waals surface area contributed by atoms with Gasteiger partial charge in [-0.3, -0.25) is 4.98 Å². The van der Waals surface area contributed by atoms with E-state index in [1.54, 1.807) is 13.2 Å². The molecule has 0 fully saturated rings. The van der Waals surface area contributed by atoms with Gasteiger partial charge in [0.2, 0.25) is 0 Å². The first-order valence-electron chi connectivity index (χ1n) is 5.62. The van der Waals surface area contributed by atoms with Gasteiger partial charge in [-0.1, -0.05) is 6.07 Å². The largest absolute Gasteiger partial charge is 0.449 e. The number of aromatic nitrogens is 1. The Morgan fingerprint density at radius 3 is 3.00 bits per heavy atom. The van der Waals surface area contributed by atoms with Gasteiger partial charge in [0.05, 0.1) is 6.61 Å². The molecule has 1 N–H and O–H groups in total. The molecule has 1 amide bonds. The summed E-state index contributed by atoms with van der Waals surface area (Å²) in [7, 11) is 1.68. The van der Waals surface area contributed by atoms with E-state index in [1.807, 2.05) is 18.2 Å². The molecule has 94 valence electrons. The summed E-state index contributed by atoms with van der Waals surface area (Å²) >= 11 is 0. The van der Waals surface area contributed by atoms with E-state index in [2.05, 4.69) is 4.98 Å². The number of aliphatic hydroxyl groups excluding tert-OH is 1. The van der Waals surface area contributed by atoms with E-state index in [4.69, 9.17) is 9.84 Å². The van der Waals surface area contributed by atoms with Crippen LogP contribution in [0, 0.1) is 0 Å². The number of likely N-dealkylation sites (N-methyl/N-ethyl adjacent to an activating group) is 1. The van der Waals surface area contributed by atoms with Crippen molar-refractivity contribution in [2.24, 2.45) is 0 Å². The van der Waals surface area contributed by atoms with Gasteiger partial charge >= 0.3 is 6.09 Å². The maximum atomic E-state index is 11.4. The van der Waals surface area contributed by atoms with Crippen LogP contribution in [0.5, 0.6) is 0 Å². The molecule has 0 unspecified atom stereocenters. The third-order valence-corrected chi connectivity index (χ3v) is 2.27. The zero-order chi connectivity index (χ0) is 12.5. The quantitative estimate of drug-likeness (QED) is 0.753. The smallest absolute Gasteiger partial charge is 0.409 e. The monoisotopic (exact) mass is 238 g/mol. The highest BCUT2D eigenvalue weighted by Crippen LogP contribution is 1.98. The first-order chi connectivity index (χ1) is 8.24. The van der Waals surface area contributed by atoms with Gasteiger partial charge in [-0.2, -0.15) is 0 Å². The molecule has 17 heavy (non-hydrogen) atoms. The fraction of sp³-hybridized carbons (Fsp3) is 0.500. The van der Waals surface area contributed by atoms with Crippen molar-refractivity contribution in [3.63, 3.8) is 0 Å². The molecule has 1 heterocycles. The molecular formula is C12H18N2O3. The van der Waals surface area contributed by atoms with Crippen LogP contribution in [0.2, 0.25) is 0 Å². The lowest BCUT2D eigenvalue weighted by Gasteiger charge is -2.16. The average Bonchev–Trinajstić information content (AvgIpc) is 2.37. The Balaban J connectivity index is 2.24. The molecule has 0 aliphatic heterocycles. The second-order valence-electron chi connectivity index (χ2n) is 3.68. The molecule has 0 saturated heterocycles. The van der Waals surface area contributed by atoms with Crippen molar-refractivity contribution >= 4 is 6.09 Å². The van der Waals surface area contributed by atoms with Crippen molar-refractivity contribution in [3.05, 3.63) is 30.1 Å². The standard InChI is InChI=1S/C12H18N2O3/c1-14(12(16)17-10-4-9-15)8-6-11-5-2-3-7-13-11/h2-3,5,7,15H,4,6,8-10H2,1H3. The molecule has 0 bridgehead atoms. The zero-order valence-electron chi connectivity index (χ0n) is 10.0. The van der Waals surface area contributed by atoms with Gasteiger partial charge < -0.3 is 14.7 Å². The molecule has 1 aromatic heterocycles. The summed E-state index contributed by atoms with van der Waals surface area (Å²) in [4.78, 5) is 17.1. The number of rotatable bonds is 6. The average molecular weight is 238 g/mol. The van der Waals surface area contributed by atoms with Gasteiger partial charge in [-0.15, -0.1) is 0 Å². The van der Waals surface area contributed by atoms with Crippen molar-refractivity contribution in [1.82, 2.24) is 9.88 Å². The summed E-state index contributed by atoms with van der Waals surface area (Å²) in [5.41, 5.74) is 0.947. The highest BCUT2D eigenvalue weighted by Gasteiger charge is 2.09. The van der Waals surface area contributed by atoms with Crippen LogP contribution in [0.15, 0.2) is 24.4 Å². The van der Waals surface area contributed by atoms with E-state index in [0.29, 0.717) is 19.4 Å². The van der Waals surface area contributed by atoms with Crippen molar-refractivity contribution in [2.75, 3.05) is 26.8 Å². The van der Waals surface area contributed by atoms with E-state index in [0.717, 1.165) is 5.69 Å². The highest BCUT2D eigenvalue weighted by molar-refractivity contribution is 5.67. The summed E-state index contributed by atoms with van der Waals surface area (Å²) in [6.07, 6.45) is 2.54.